The molecule has 5 rings (SSSR count). The quantitative estimate of drug-likeness (QED) is 0.668. The average Bonchev–Trinajstić information content (AvgIpc) is 3.24. The van der Waals surface area contributed by atoms with E-state index in [1.807, 2.05) is 67.8 Å². The van der Waals surface area contributed by atoms with Gasteiger partial charge in [0.2, 0.25) is 6.17 Å². The Balaban J connectivity index is 1.64. The highest BCUT2D eigenvalue weighted by Gasteiger charge is 2.35. The van der Waals surface area contributed by atoms with Crippen LogP contribution >= 0.6 is 23.4 Å². The van der Waals surface area contributed by atoms with Crippen LogP contribution in [-0.2, 0) is 4.79 Å². The Bertz CT molecular complexity index is 1330. The third-order valence-corrected chi connectivity index (χ3v) is 6.02. The fourth-order valence-corrected chi connectivity index (χ4v) is 4.04. The lowest BCUT2D eigenvalue weighted by Gasteiger charge is -2.32. The molecule has 1 N–H and O–H groups in total. The first-order chi connectivity index (χ1) is 14.5. The minimum atomic E-state index is -0.585. The van der Waals surface area contributed by atoms with Gasteiger partial charge in [0.1, 0.15) is 11.5 Å². The van der Waals surface area contributed by atoms with E-state index in [1.54, 1.807) is 5.01 Å². The van der Waals surface area contributed by atoms with Crippen LogP contribution in [0.15, 0.2) is 69.1 Å². The van der Waals surface area contributed by atoms with Crippen molar-refractivity contribution in [2.45, 2.75) is 13.1 Å². The summed E-state index contributed by atoms with van der Waals surface area (Å²) in [4.78, 5) is 17.7. The van der Waals surface area contributed by atoms with Crippen molar-refractivity contribution in [3.05, 3.63) is 81.5 Å². The molecule has 6 nitrogen and oxygen atoms in total. The number of carbonyl (C=O) groups is 1. The number of fused-ring (bicyclic) bond motifs is 2. The molecule has 0 saturated carbocycles. The van der Waals surface area contributed by atoms with Crippen molar-refractivity contribution in [3.63, 3.8) is 0 Å². The summed E-state index contributed by atoms with van der Waals surface area (Å²) in [5.41, 5.74) is 2.34. The van der Waals surface area contributed by atoms with Crippen molar-refractivity contribution in [2.24, 2.45) is 10.1 Å². The summed E-state index contributed by atoms with van der Waals surface area (Å²) < 4.78 is 6.16. The molecule has 2 aliphatic heterocycles. The largest absolute Gasteiger partial charge is 0.457 e. The van der Waals surface area contributed by atoms with Gasteiger partial charge in [-0.25, -0.2) is 10.0 Å². The molecular weight excluding hydrogens is 420 g/mol. The predicted molar refractivity (Wildman–Crippen MR) is 118 cm³/mol. The Morgan fingerprint density at radius 1 is 1.17 bits per heavy atom. The number of amides is 1. The number of thioether (sulfide) groups is 1. The highest BCUT2D eigenvalue weighted by molar-refractivity contribution is 8.13. The number of carbonyl (C=O) groups excluding carboxylic acids is 1. The number of hydrogen-bond donors (Lipinski definition) is 1. The lowest BCUT2D eigenvalue weighted by Crippen LogP contribution is -2.50. The molecule has 0 saturated heterocycles. The number of halogens is 1. The number of para-hydroxylation sites is 1. The van der Waals surface area contributed by atoms with Gasteiger partial charge in [-0.1, -0.05) is 53.7 Å². The maximum Gasteiger partial charge on any atom is 0.276 e. The van der Waals surface area contributed by atoms with Gasteiger partial charge in [0, 0.05) is 15.8 Å². The van der Waals surface area contributed by atoms with Gasteiger partial charge >= 0.3 is 0 Å². The Hall–Kier alpha value is -3.03. The van der Waals surface area contributed by atoms with Crippen molar-refractivity contribution in [1.29, 1.82) is 0 Å². The second-order valence-corrected chi connectivity index (χ2v) is 8.14. The molecule has 3 aromatic rings. The molecule has 0 aliphatic carbocycles. The van der Waals surface area contributed by atoms with Crippen molar-refractivity contribution < 1.29 is 9.21 Å². The summed E-state index contributed by atoms with van der Waals surface area (Å²) in [5, 5.41) is 11.7. The summed E-state index contributed by atoms with van der Waals surface area (Å²) in [6.07, 6.45) is 1.28. The second-order valence-electron chi connectivity index (χ2n) is 6.94. The molecule has 0 bridgehead atoms. The van der Waals surface area contributed by atoms with E-state index in [2.05, 4.69) is 10.4 Å². The topological polar surface area (TPSA) is 70.2 Å². The van der Waals surface area contributed by atoms with Crippen LogP contribution in [0, 0.1) is 6.92 Å². The molecule has 0 spiro atoms. The molecule has 0 unspecified atom stereocenters. The van der Waals surface area contributed by atoms with Crippen LogP contribution < -0.4 is 15.9 Å². The number of nitrogens with zero attached hydrogens (tertiary/aromatic N) is 3. The Morgan fingerprint density at radius 2 is 2.00 bits per heavy atom. The molecule has 8 heteroatoms. The van der Waals surface area contributed by atoms with Crippen LogP contribution in [0.1, 0.15) is 17.5 Å². The average molecular weight is 437 g/mol. The Labute approximate surface area is 181 Å². The molecule has 2 aliphatic rings. The van der Waals surface area contributed by atoms with Crippen LogP contribution in [0.5, 0.6) is 0 Å². The first-order valence-electron chi connectivity index (χ1n) is 9.32. The number of furan rings is 1. The molecule has 0 radical (unpaired) electrons. The summed E-state index contributed by atoms with van der Waals surface area (Å²) in [6.45, 7) is 1.96. The first-order valence-corrected chi connectivity index (χ1v) is 10.9. The summed E-state index contributed by atoms with van der Waals surface area (Å²) in [7, 11) is 0. The molecule has 3 heterocycles. The summed E-state index contributed by atoms with van der Waals surface area (Å²) in [5.74, 6) is 1.06. The number of benzene rings is 2. The van der Waals surface area contributed by atoms with E-state index >= 15 is 0 Å². The smallest absolute Gasteiger partial charge is 0.276 e. The van der Waals surface area contributed by atoms with E-state index in [0.717, 1.165) is 21.7 Å². The van der Waals surface area contributed by atoms with Gasteiger partial charge in [-0.05, 0) is 43.0 Å². The van der Waals surface area contributed by atoms with Crippen molar-refractivity contribution in [1.82, 2.24) is 10.3 Å². The van der Waals surface area contributed by atoms with Crippen molar-refractivity contribution in [3.8, 4) is 11.3 Å². The van der Waals surface area contributed by atoms with Gasteiger partial charge < -0.3 is 4.42 Å². The van der Waals surface area contributed by atoms with Crippen LogP contribution in [0.2, 0.25) is 5.02 Å². The van der Waals surface area contributed by atoms with E-state index in [-0.39, 0.29) is 5.91 Å². The molecule has 1 atom stereocenters. The molecule has 30 heavy (non-hydrogen) atoms. The number of amidine groups is 1. The molecule has 2 aromatic carbocycles. The van der Waals surface area contributed by atoms with E-state index in [1.165, 1.54) is 11.8 Å². The van der Waals surface area contributed by atoms with Gasteiger partial charge in [0.15, 0.2) is 10.9 Å². The van der Waals surface area contributed by atoms with E-state index in [0.29, 0.717) is 27.4 Å². The lowest BCUT2D eigenvalue weighted by atomic mass is 10.1. The Kier molecular flexibility index (Phi) is 4.64. The maximum absolute atomic E-state index is 12.9. The van der Waals surface area contributed by atoms with Crippen LogP contribution in [0.25, 0.3) is 17.0 Å². The van der Waals surface area contributed by atoms with Crippen LogP contribution in [0.4, 0.5) is 0 Å². The zero-order valence-corrected chi connectivity index (χ0v) is 17.8. The summed E-state index contributed by atoms with van der Waals surface area (Å²) >= 11 is 7.64. The van der Waals surface area contributed by atoms with Crippen LogP contribution in [0.3, 0.4) is 0 Å². The standard InChI is InChI=1S/C22H17ClN4O2S/c1-12-7-8-13(11-15(12)23)17-9-10-18(29-17)20-24-16-6-4-3-5-14(16)19-21(28)25-22(30-2)26-27(19)20/h3-11,20H,1-2H3,(H,25,26,28)/t20-/m0/s1. The zero-order chi connectivity index (χ0) is 20.8. The number of nitrogens with one attached hydrogen (secondary N) is 1. The Morgan fingerprint density at radius 3 is 2.80 bits per heavy atom. The predicted octanol–water partition coefficient (Wildman–Crippen LogP) is 3.41. The van der Waals surface area contributed by atoms with E-state index < -0.39 is 6.17 Å². The number of hydrazone groups is 1. The first kappa shape index (κ1) is 19.0. The third-order valence-electron chi connectivity index (χ3n) is 5.05. The monoisotopic (exact) mass is 436 g/mol. The molecular formula is C22H17ClN4O2S. The second kappa shape index (κ2) is 7.34. The molecule has 1 aromatic heterocycles. The number of rotatable bonds is 2. The third kappa shape index (κ3) is 3.11. The van der Waals surface area contributed by atoms with Crippen LogP contribution in [-0.4, -0.2) is 22.3 Å². The molecule has 150 valence electrons. The fourth-order valence-electron chi connectivity index (χ4n) is 3.50. The minimum absolute atomic E-state index is 0.209. The van der Waals surface area contributed by atoms with E-state index in [9.17, 15) is 4.79 Å². The molecule has 0 fully saturated rings. The maximum atomic E-state index is 12.9. The number of hydrogen-bond acceptors (Lipinski definition) is 6. The fraction of sp³-hybridized carbons (Fsp3) is 0.136. The molecule has 1 amide bonds. The highest BCUT2D eigenvalue weighted by atomic mass is 35.5. The zero-order valence-electron chi connectivity index (χ0n) is 16.2. The lowest BCUT2D eigenvalue weighted by molar-refractivity contribution is -0.116. The minimum Gasteiger partial charge on any atom is -0.457 e. The van der Waals surface area contributed by atoms with Gasteiger partial charge in [-0.2, -0.15) is 0 Å². The van der Waals surface area contributed by atoms with Crippen molar-refractivity contribution in [2.75, 3.05) is 6.26 Å². The SMILES string of the molecule is CSC1=NN2C(=c3ccccc3=N[C@@H]2c2ccc(-c3ccc(C)c(Cl)c3)o2)C(=O)N1. The van der Waals surface area contributed by atoms with Crippen molar-refractivity contribution >= 4 is 40.1 Å². The van der Waals surface area contributed by atoms with Gasteiger partial charge in [-0.15, -0.1) is 5.10 Å². The van der Waals surface area contributed by atoms with Gasteiger partial charge in [0.05, 0.1) is 5.36 Å². The normalized spacial score (nSPS) is 17.6. The number of aryl methyl sites for hydroxylation is 1. The summed E-state index contributed by atoms with van der Waals surface area (Å²) in [6, 6.07) is 17.1. The van der Waals surface area contributed by atoms with Gasteiger partial charge in [-0.3, -0.25) is 10.1 Å². The van der Waals surface area contributed by atoms with E-state index in [4.69, 9.17) is 21.0 Å². The highest BCUT2D eigenvalue weighted by Crippen LogP contribution is 2.34. The van der Waals surface area contributed by atoms with Gasteiger partial charge in [0.25, 0.3) is 5.91 Å².